The summed E-state index contributed by atoms with van der Waals surface area (Å²) >= 11 is 0. The Hall–Kier alpha value is -3.02. The van der Waals surface area contributed by atoms with Gasteiger partial charge >= 0.3 is 10.1 Å². The van der Waals surface area contributed by atoms with E-state index in [4.69, 9.17) is 4.18 Å². The molecule has 4 rings (SSSR count). The van der Waals surface area contributed by atoms with Crippen molar-refractivity contribution < 1.29 is 12.6 Å². The van der Waals surface area contributed by atoms with Gasteiger partial charge in [-0.05, 0) is 81.4 Å². The summed E-state index contributed by atoms with van der Waals surface area (Å²) in [6.45, 7) is 6.07. The van der Waals surface area contributed by atoms with Gasteiger partial charge in [0.15, 0.2) is 14.7 Å². The molecule has 0 aliphatic carbocycles. The maximum Gasteiger partial charge on any atom is 0.339 e. The fourth-order valence-corrected chi connectivity index (χ4v) is 6.24. The Morgan fingerprint density at radius 3 is 1.28 bits per heavy atom. The van der Waals surface area contributed by atoms with Gasteiger partial charge in [0.1, 0.15) is 10.6 Å². The average Bonchev–Trinajstić information content (AvgIpc) is 2.78. The zero-order valence-corrected chi connectivity index (χ0v) is 19.9. The second kappa shape index (κ2) is 9.23. The van der Waals surface area contributed by atoms with E-state index in [1.54, 1.807) is 36.4 Å². The molecule has 32 heavy (non-hydrogen) atoms. The highest BCUT2D eigenvalue weighted by Crippen LogP contribution is 2.33. The van der Waals surface area contributed by atoms with E-state index in [1.807, 2.05) is 19.1 Å². The van der Waals surface area contributed by atoms with Gasteiger partial charge in [0.05, 0.1) is 10.9 Å². The third kappa shape index (κ3) is 5.06. The van der Waals surface area contributed by atoms with E-state index in [2.05, 4.69) is 62.4 Å². The van der Waals surface area contributed by atoms with Crippen LogP contribution in [-0.2, 0) is 21.0 Å². The Morgan fingerprint density at radius 2 is 0.875 bits per heavy atom. The van der Waals surface area contributed by atoms with Crippen LogP contribution in [0.25, 0.3) is 0 Å². The number of hydrogen-bond acceptors (Lipinski definition) is 3. The van der Waals surface area contributed by atoms with Gasteiger partial charge < -0.3 is 4.18 Å². The highest BCUT2D eigenvalue weighted by molar-refractivity contribution is 7.97. The van der Waals surface area contributed by atoms with Crippen LogP contribution in [0.15, 0.2) is 117 Å². The lowest BCUT2D eigenvalue weighted by Crippen LogP contribution is -2.10. The minimum absolute atomic E-state index is 0.145. The van der Waals surface area contributed by atoms with E-state index >= 15 is 0 Å². The van der Waals surface area contributed by atoms with Crippen LogP contribution in [0.5, 0.6) is 5.75 Å². The monoisotopic (exact) mass is 461 g/mol. The van der Waals surface area contributed by atoms with Crippen LogP contribution in [0.3, 0.4) is 0 Å². The molecule has 0 heterocycles. The van der Waals surface area contributed by atoms with Crippen LogP contribution < -0.4 is 4.18 Å². The summed E-state index contributed by atoms with van der Waals surface area (Å²) in [5.41, 5.74) is 3.42. The number of benzene rings is 4. The molecule has 0 radical (unpaired) electrons. The zero-order chi connectivity index (χ0) is 22.7. The van der Waals surface area contributed by atoms with Crippen LogP contribution in [0.1, 0.15) is 16.7 Å². The number of rotatable bonds is 6. The molecular formula is C27H25O3S2+. The van der Waals surface area contributed by atoms with Gasteiger partial charge in [0.2, 0.25) is 0 Å². The minimum Gasteiger partial charge on any atom is -0.379 e. The average molecular weight is 462 g/mol. The Balaban J connectivity index is 1.65. The largest absolute Gasteiger partial charge is 0.379 e. The third-order valence-electron chi connectivity index (χ3n) is 5.09. The maximum absolute atomic E-state index is 12.6. The quantitative estimate of drug-likeness (QED) is 0.244. The van der Waals surface area contributed by atoms with Crippen molar-refractivity contribution >= 4 is 21.0 Å². The van der Waals surface area contributed by atoms with Gasteiger partial charge in [-0.2, -0.15) is 8.42 Å². The van der Waals surface area contributed by atoms with Crippen molar-refractivity contribution in [2.45, 2.75) is 40.4 Å². The normalized spacial score (nSPS) is 11.5. The van der Waals surface area contributed by atoms with Crippen molar-refractivity contribution in [3.8, 4) is 5.75 Å². The Bertz CT molecular complexity index is 1250. The van der Waals surface area contributed by atoms with E-state index in [-0.39, 0.29) is 15.8 Å². The van der Waals surface area contributed by atoms with Crippen LogP contribution in [-0.4, -0.2) is 8.42 Å². The molecule has 4 aromatic rings. The summed E-state index contributed by atoms with van der Waals surface area (Å²) in [4.78, 5) is 3.66. The third-order valence-corrected chi connectivity index (χ3v) is 8.58. The van der Waals surface area contributed by atoms with Crippen molar-refractivity contribution in [3.05, 3.63) is 114 Å². The minimum atomic E-state index is -3.87. The fraction of sp³-hybridized carbons (Fsp3) is 0.111. The Labute approximate surface area is 193 Å². The van der Waals surface area contributed by atoms with Crippen molar-refractivity contribution in [1.29, 1.82) is 0 Å². The second-order valence-electron chi connectivity index (χ2n) is 7.75. The molecule has 3 nitrogen and oxygen atoms in total. The van der Waals surface area contributed by atoms with Crippen LogP contribution >= 0.6 is 0 Å². The highest BCUT2D eigenvalue weighted by Gasteiger charge is 2.29. The molecule has 162 valence electrons. The van der Waals surface area contributed by atoms with Gasteiger partial charge in [-0.3, -0.25) is 0 Å². The molecule has 0 unspecified atom stereocenters. The molecule has 0 bridgehead atoms. The first-order valence-electron chi connectivity index (χ1n) is 10.3. The topological polar surface area (TPSA) is 43.4 Å². The molecule has 0 aliphatic heterocycles. The SMILES string of the molecule is Cc1ccc([S+](c2ccc(C)cc2)c2ccc(OS(=O)(=O)c3ccc(C)cc3)cc2)cc1. The lowest BCUT2D eigenvalue weighted by Gasteiger charge is -2.10. The van der Waals surface area contributed by atoms with Gasteiger partial charge in [-0.15, -0.1) is 0 Å². The molecule has 5 heteroatoms. The Kier molecular flexibility index (Phi) is 6.40. The fourth-order valence-electron chi connectivity index (χ4n) is 3.27. The first-order valence-corrected chi connectivity index (χ1v) is 12.9. The molecule has 0 atom stereocenters. The van der Waals surface area contributed by atoms with Gasteiger partial charge in [0.25, 0.3) is 0 Å². The standard InChI is InChI=1S/C27H25O3S2/c1-20-4-12-24(13-5-20)31(25-14-6-21(2)7-15-25)26-16-10-23(11-17-26)30-32(28,29)27-18-8-22(3)9-19-27/h4-19H,1-3H3/q+1. The van der Waals surface area contributed by atoms with E-state index in [0.717, 1.165) is 10.5 Å². The predicted octanol–water partition coefficient (Wildman–Crippen LogP) is 6.47. The zero-order valence-electron chi connectivity index (χ0n) is 18.3. The first kappa shape index (κ1) is 22.2. The molecule has 0 spiro atoms. The van der Waals surface area contributed by atoms with Gasteiger partial charge in [-0.25, -0.2) is 0 Å². The lowest BCUT2D eigenvalue weighted by molar-refractivity contribution is 0.486. The van der Waals surface area contributed by atoms with Gasteiger partial charge in [0, 0.05) is 0 Å². The first-order chi connectivity index (χ1) is 15.3. The van der Waals surface area contributed by atoms with Crippen LogP contribution in [0.4, 0.5) is 0 Å². The van der Waals surface area contributed by atoms with Crippen LogP contribution in [0.2, 0.25) is 0 Å². The molecule has 0 N–H and O–H groups in total. The summed E-state index contributed by atoms with van der Waals surface area (Å²) in [5.74, 6) is 0.297. The molecule has 4 aromatic carbocycles. The molecule has 0 aliphatic rings. The van der Waals surface area contributed by atoms with E-state index in [1.165, 1.54) is 20.9 Å². The van der Waals surface area contributed by atoms with Crippen molar-refractivity contribution in [3.63, 3.8) is 0 Å². The molecule has 0 fully saturated rings. The summed E-state index contributed by atoms with van der Waals surface area (Å²) in [6, 6.07) is 31.1. The van der Waals surface area contributed by atoms with Crippen LogP contribution in [0, 0.1) is 20.8 Å². The summed E-state index contributed by atoms with van der Waals surface area (Å²) < 4.78 is 30.6. The molecule has 0 amide bonds. The summed E-state index contributed by atoms with van der Waals surface area (Å²) in [6.07, 6.45) is 0. The Morgan fingerprint density at radius 1 is 0.531 bits per heavy atom. The lowest BCUT2D eigenvalue weighted by atomic mass is 10.2. The number of aryl methyl sites for hydroxylation is 3. The predicted molar refractivity (Wildman–Crippen MR) is 130 cm³/mol. The molecule has 0 saturated carbocycles. The van der Waals surface area contributed by atoms with Crippen molar-refractivity contribution in [2.24, 2.45) is 0 Å². The molecule has 0 saturated heterocycles. The summed E-state index contributed by atoms with van der Waals surface area (Å²) in [7, 11) is -4.18. The smallest absolute Gasteiger partial charge is 0.339 e. The van der Waals surface area contributed by atoms with Crippen molar-refractivity contribution in [1.82, 2.24) is 0 Å². The van der Waals surface area contributed by atoms with Gasteiger partial charge in [-0.1, -0.05) is 53.1 Å². The van der Waals surface area contributed by atoms with E-state index in [9.17, 15) is 8.42 Å². The van der Waals surface area contributed by atoms with Crippen molar-refractivity contribution in [2.75, 3.05) is 0 Å². The maximum atomic E-state index is 12.6. The number of hydrogen-bond donors (Lipinski definition) is 0. The molecule has 0 aromatic heterocycles. The highest BCUT2D eigenvalue weighted by atomic mass is 32.2. The second-order valence-corrected chi connectivity index (χ2v) is 11.3. The summed E-state index contributed by atoms with van der Waals surface area (Å²) in [5, 5.41) is 0. The van der Waals surface area contributed by atoms with E-state index < -0.39 is 10.1 Å². The molecular weight excluding hydrogens is 436 g/mol. The van der Waals surface area contributed by atoms with E-state index in [0.29, 0.717) is 5.75 Å².